The average Bonchev–Trinajstić information content (AvgIpc) is 3.37. The predicted molar refractivity (Wildman–Crippen MR) is 129 cm³/mol. The molecule has 0 radical (unpaired) electrons. The van der Waals surface area contributed by atoms with Crippen molar-refractivity contribution in [1.29, 1.82) is 0 Å². The van der Waals surface area contributed by atoms with Crippen LogP contribution in [-0.4, -0.2) is 56.6 Å². The molecule has 2 amide bonds. The Morgan fingerprint density at radius 3 is 2.12 bits per heavy atom. The Morgan fingerprint density at radius 1 is 0.970 bits per heavy atom. The molecule has 7 nitrogen and oxygen atoms in total. The molecule has 0 saturated carbocycles. The van der Waals surface area contributed by atoms with Crippen molar-refractivity contribution in [2.75, 3.05) is 33.9 Å². The lowest BCUT2D eigenvalue weighted by molar-refractivity contribution is -0.124. The van der Waals surface area contributed by atoms with Gasteiger partial charge in [0.2, 0.25) is 5.91 Å². The molecule has 1 unspecified atom stereocenters. The quantitative estimate of drug-likeness (QED) is 0.576. The van der Waals surface area contributed by atoms with Crippen LogP contribution in [0.2, 0.25) is 0 Å². The number of nitrogens with one attached hydrogen (secondary N) is 2. The van der Waals surface area contributed by atoms with E-state index in [4.69, 9.17) is 9.47 Å². The summed E-state index contributed by atoms with van der Waals surface area (Å²) in [7, 11) is 3.06. The summed E-state index contributed by atoms with van der Waals surface area (Å²) in [5.74, 6) is 0.416. The van der Waals surface area contributed by atoms with Crippen LogP contribution in [0.15, 0.2) is 48.5 Å². The van der Waals surface area contributed by atoms with Crippen LogP contribution in [0.1, 0.15) is 48.7 Å². The van der Waals surface area contributed by atoms with Crippen LogP contribution in [0, 0.1) is 5.92 Å². The van der Waals surface area contributed by atoms with E-state index in [0.717, 1.165) is 13.1 Å². The minimum atomic E-state index is -0.662. The van der Waals surface area contributed by atoms with E-state index in [1.807, 2.05) is 32.0 Å². The zero-order chi connectivity index (χ0) is 23.8. The minimum absolute atomic E-state index is 0.0802. The molecule has 0 bridgehead atoms. The number of likely N-dealkylation sites (tertiary alicyclic amines) is 1. The van der Waals surface area contributed by atoms with E-state index in [-0.39, 0.29) is 23.8 Å². The van der Waals surface area contributed by atoms with Gasteiger partial charge in [-0.15, -0.1) is 0 Å². The van der Waals surface area contributed by atoms with Crippen LogP contribution >= 0.6 is 0 Å². The van der Waals surface area contributed by atoms with Crippen molar-refractivity contribution >= 4 is 11.8 Å². The number of carbonyl (C=O) groups excluding carboxylic acids is 2. The maximum Gasteiger partial charge on any atom is 0.252 e. The summed E-state index contributed by atoms with van der Waals surface area (Å²) in [6, 6.07) is 14.7. The SMILES string of the molecule is COc1cc(OC)cc(C(=O)N[C@H](C(=O)NCC(c2ccccc2)N2CCCC2)C(C)C)c1. The van der Waals surface area contributed by atoms with Crippen LogP contribution in [0.25, 0.3) is 0 Å². The smallest absolute Gasteiger partial charge is 0.252 e. The lowest BCUT2D eigenvalue weighted by atomic mass is 10.0. The Balaban J connectivity index is 1.70. The lowest BCUT2D eigenvalue weighted by Crippen LogP contribution is -2.51. The highest BCUT2D eigenvalue weighted by molar-refractivity contribution is 5.98. The number of carbonyl (C=O) groups is 2. The van der Waals surface area contributed by atoms with Gasteiger partial charge in [0.1, 0.15) is 17.5 Å². The zero-order valence-corrected chi connectivity index (χ0v) is 20.0. The van der Waals surface area contributed by atoms with Crippen molar-refractivity contribution < 1.29 is 19.1 Å². The number of benzene rings is 2. The first-order valence-electron chi connectivity index (χ1n) is 11.5. The third-order valence-corrected chi connectivity index (χ3v) is 6.08. The monoisotopic (exact) mass is 453 g/mol. The highest BCUT2D eigenvalue weighted by atomic mass is 16.5. The van der Waals surface area contributed by atoms with Crippen molar-refractivity contribution in [2.24, 2.45) is 5.92 Å². The van der Waals surface area contributed by atoms with E-state index in [0.29, 0.717) is 23.6 Å². The van der Waals surface area contributed by atoms with E-state index < -0.39 is 6.04 Å². The number of ether oxygens (including phenoxy) is 2. The molecule has 0 spiro atoms. The summed E-state index contributed by atoms with van der Waals surface area (Å²) >= 11 is 0. The van der Waals surface area contributed by atoms with Crippen molar-refractivity contribution in [1.82, 2.24) is 15.5 Å². The molecular formula is C26H35N3O4. The van der Waals surface area contributed by atoms with E-state index in [9.17, 15) is 9.59 Å². The molecule has 1 saturated heterocycles. The average molecular weight is 454 g/mol. The molecule has 178 valence electrons. The number of hydrogen-bond acceptors (Lipinski definition) is 5. The normalized spacial score (nSPS) is 15.7. The van der Waals surface area contributed by atoms with Crippen LogP contribution in [0.5, 0.6) is 11.5 Å². The van der Waals surface area contributed by atoms with Gasteiger partial charge in [0.05, 0.1) is 20.3 Å². The molecule has 1 aliphatic heterocycles. The molecule has 2 atom stereocenters. The molecular weight excluding hydrogens is 418 g/mol. The topological polar surface area (TPSA) is 79.9 Å². The largest absolute Gasteiger partial charge is 0.497 e. The molecule has 33 heavy (non-hydrogen) atoms. The Morgan fingerprint density at radius 2 is 1.58 bits per heavy atom. The first-order valence-corrected chi connectivity index (χ1v) is 11.5. The standard InChI is InChI=1S/C26H35N3O4/c1-18(2)24(28-25(30)20-14-21(32-3)16-22(15-20)33-4)26(31)27-17-23(29-12-8-9-13-29)19-10-6-5-7-11-19/h5-7,10-11,14-16,18,23-24H,8-9,12-13,17H2,1-4H3,(H,27,31)(H,28,30)/t23?,24-/m0/s1. The molecule has 1 aliphatic rings. The Bertz CT molecular complexity index is 904. The second-order valence-corrected chi connectivity index (χ2v) is 8.71. The maximum absolute atomic E-state index is 13.2. The van der Waals surface area contributed by atoms with Gasteiger partial charge in [0.15, 0.2) is 0 Å². The van der Waals surface area contributed by atoms with Crippen LogP contribution in [0.4, 0.5) is 0 Å². The fourth-order valence-corrected chi connectivity index (χ4v) is 4.19. The van der Waals surface area contributed by atoms with Gasteiger partial charge in [-0.05, 0) is 49.5 Å². The van der Waals surface area contributed by atoms with Gasteiger partial charge in [-0.1, -0.05) is 44.2 Å². The maximum atomic E-state index is 13.2. The molecule has 1 heterocycles. The lowest BCUT2D eigenvalue weighted by Gasteiger charge is -2.29. The van der Waals surface area contributed by atoms with Crippen molar-refractivity contribution in [2.45, 2.75) is 38.8 Å². The fraction of sp³-hybridized carbons (Fsp3) is 0.462. The van der Waals surface area contributed by atoms with E-state index in [1.54, 1.807) is 18.2 Å². The van der Waals surface area contributed by atoms with Gasteiger partial charge in [-0.25, -0.2) is 0 Å². The Kier molecular flexibility index (Phi) is 8.72. The predicted octanol–water partition coefficient (Wildman–Crippen LogP) is 3.41. The van der Waals surface area contributed by atoms with Gasteiger partial charge < -0.3 is 20.1 Å². The van der Waals surface area contributed by atoms with Crippen LogP contribution < -0.4 is 20.1 Å². The second kappa shape index (κ2) is 11.7. The van der Waals surface area contributed by atoms with Crippen LogP contribution in [-0.2, 0) is 4.79 Å². The molecule has 2 aromatic rings. The van der Waals surface area contributed by atoms with E-state index in [1.165, 1.54) is 32.6 Å². The Labute approximate surface area is 196 Å². The summed E-state index contributed by atoms with van der Waals surface area (Å²) in [6.07, 6.45) is 2.35. The second-order valence-electron chi connectivity index (χ2n) is 8.71. The molecule has 2 N–H and O–H groups in total. The van der Waals surface area contributed by atoms with Crippen molar-refractivity contribution in [3.63, 3.8) is 0 Å². The van der Waals surface area contributed by atoms with Gasteiger partial charge in [-0.3, -0.25) is 14.5 Å². The van der Waals surface area contributed by atoms with Gasteiger partial charge in [-0.2, -0.15) is 0 Å². The minimum Gasteiger partial charge on any atom is -0.497 e. The summed E-state index contributed by atoms with van der Waals surface area (Å²) < 4.78 is 10.5. The number of rotatable bonds is 10. The molecule has 7 heteroatoms. The number of hydrogen-bond donors (Lipinski definition) is 2. The number of amides is 2. The first-order chi connectivity index (χ1) is 15.9. The van der Waals surface area contributed by atoms with Crippen LogP contribution in [0.3, 0.4) is 0 Å². The van der Waals surface area contributed by atoms with Gasteiger partial charge in [0, 0.05) is 18.2 Å². The highest BCUT2D eigenvalue weighted by Crippen LogP contribution is 2.25. The van der Waals surface area contributed by atoms with Crippen molar-refractivity contribution in [3.8, 4) is 11.5 Å². The van der Waals surface area contributed by atoms with E-state index >= 15 is 0 Å². The van der Waals surface area contributed by atoms with Crippen molar-refractivity contribution in [3.05, 3.63) is 59.7 Å². The third kappa shape index (κ3) is 6.48. The first kappa shape index (κ1) is 24.6. The molecule has 3 rings (SSSR count). The summed E-state index contributed by atoms with van der Waals surface area (Å²) in [4.78, 5) is 28.5. The fourth-order valence-electron chi connectivity index (χ4n) is 4.19. The molecule has 0 aromatic heterocycles. The zero-order valence-electron chi connectivity index (χ0n) is 20.0. The molecule has 1 fully saturated rings. The number of methoxy groups -OCH3 is 2. The summed E-state index contributed by atoms with van der Waals surface area (Å²) in [5.41, 5.74) is 1.57. The molecule has 0 aliphatic carbocycles. The number of nitrogens with zero attached hydrogens (tertiary/aromatic N) is 1. The van der Waals surface area contributed by atoms with E-state index in [2.05, 4.69) is 27.7 Å². The van der Waals surface area contributed by atoms with Gasteiger partial charge >= 0.3 is 0 Å². The highest BCUT2D eigenvalue weighted by Gasteiger charge is 2.28. The molecule has 2 aromatic carbocycles. The third-order valence-electron chi connectivity index (χ3n) is 6.08. The summed E-state index contributed by atoms with van der Waals surface area (Å²) in [6.45, 7) is 6.39. The van der Waals surface area contributed by atoms with Gasteiger partial charge in [0.25, 0.3) is 5.91 Å². The Hall–Kier alpha value is -3.06. The summed E-state index contributed by atoms with van der Waals surface area (Å²) in [5, 5.41) is 5.99.